The second-order valence-electron chi connectivity index (χ2n) is 6.23. The number of nitrogens with zero attached hydrogens (tertiary/aromatic N) is 3. The van der Waals surface area contributed by atoms with E-state index in [1.807, 2.05) is 6.92 Å². The number of aromatic nitrogens is 2. The minimum absolute atomic E-state index is 0.110. The highest BCUT2D eigenvalue weighted by Crippen LogP contribution is 2.21. The number of nitrogens with one attached hydrogen (secondary N) is 1. The van der Waals surface area contributed by atoms with Gasteiger partial charge in [-0.05, 0) is 50.5 Å². The van der Waals surface area contributed by atoms with E-state index in [0.29, 0.717) is 22.2 Å². The maximum Gasteiger partial charge on any atom is 0.241 e. The van der Waals surface area contributed by atoms with Crippen LogP contribution in [0, 0.1) is 13.8 Å². The first-order valence-corrected chi connectivity index (χ1v) is 10.1. The molecule has 1 fully saturated rings. The number of hydrogen-bond acceptors (Lipinski definition) is 5. The van der Waals surface area contributed by atoms with Crippen molar-refractivity contribution in [1.29, 1.82) is 0 Å². The quantitative estimate of drug-likeness (QED) is 0.863. The van der Waals surface area contributed by atoms with E-state index in [4.69, 9.17) is 11.6 Å². The molecule has 2 aromatic rings. The third-order valence-electron chi connectivity index (χ3n) is 4.17. The molecule has 8 heteroatoms. The molecule has 1 aliphatic heterocycles. The van der Waals surface area contributed by atoms with Crippen molar-refractivity contribution in [3.8, 4) is 0 Å². The molecule has 0 unspecified atom stereocenters. The summed E-state index contributed by atoms with van der Waals surface area (Å²) in [5, 5.41) is 0.389. The van der Waals surface area contributed by atoms with Gasteiger partial charge in [-0.25, -0.2) is 23.1 Å². The molecule has 0 aliphatic carbocycles. The topological polar surface area (TPSA) is 75.2 Å². The minimum Gasteiger partial charge on any atom is -0.341 e. The van der Waals surface area contributed by atoms with Gasteiger partial charge in [-0.1, -0.05) is 17.7 Å². The Balaban J connectivity index is 1.79. The van der Waals surface area contributed by atoms with Crippen molar-refractivity contribution in [3.63, 3.8) is 0 Å². The fourth-order valence-electron chi connectivity index (χ4n) is 2.88. The summed E-state index contributed by atoms with van der Waals surface area (Å²) in [5.74, 6) is 0.672. The number of hydrogen-bond donors (Lipinski definition) is 1. The Morgan fingerprint density at radius 2 is 1.88 bits per heavy atom. The van der Waals surface area contributed by atoms with Crippen LogP contribution >= 0.6 is 11.6 Å². The van der Waals surface area contributed by atoms with E-state index in [1.54, 1.807) is 25.1 Å². The Hall–Kier alpha value is -1.70. The van der Waals surface area contributed by atoms with Crippen LogP contribution in [0.1, 0.15) is 29.8 Å². The van der Waals surface area contributed by atoms with Gasteiger partial charge in [0, 0.05) is 23.8 Å². The van der Waals surface area contributed by atoms with Crippen LogP contribution in [-0.2, 0) is 16.6 Å². The highest BCUT2D eigenvalue weighted by molar-refractivity contribution is 7.89. The van der Waals surface area contributed by atoms with Crippen molar-refractivity contribution in [2.75, 3.05) is 18.0 Å². The van der Waals surface area contributed by atoms with E-state index in [9.17, 15) is 8.42 Å². The molecule has 6 nitrogen and oxygen atoms in total. The molecule has 0 amide bonds. The van der Waals surface area contributed by atoms with Gasteiger partial charge in [-0.3, -0.25) is 0 Å². The molecule has 2 heterocycles. The average molecular weight is 381 g/mol. The lowest BCUT2D eigenvalue weighted by molar-refractivity contribution is 0.579. The highest BCUT2D eigenvalue weighted by atomic mass is 35.5. The minimum atomic E-state index is -3.66. The van der Waals surface area contributed by atoms with Gasteiger partial charge in [0.15, 0.2) is 0 Å². The van der Waals surface area contributed by atoms with Crippen LogP contribution in [0.3, 0.4) is 0 Å². The molecular weight excluding hydrogens is 360 g/mol. The van der Waals surface area contributed by atoms with Crippen molar-refractivity contribution in [3.05, 3.63) is 46.2 Å². The molecule has 1 saturated heterocycles. The number of aryl methyl sites for hydroxylation is 2. The van der Waals surface area contributed by atoms with E-state index < -0.39 is 10.0 Å². The third-order valence-corrected chi connectivity index (χ3v) is 5.95. The van der Waals surface area contributed by atoms with Gasteiger partial charge in [-0.15, -0.1) is 0 Å². The van der Waals surface area contributed by atoms with Crippen LogP contribution in [0.5, 0.6) is 0 Å². The number of benzene rings is 1. The summed E-state index contributed by atoms with van der Waals surface area (Å²) < 4.78 is 27.8. The Labute approximate surface area is 153 Å². The first-order chi connectivity index (χ1) is 11.8. The molecule has 0 bridgehead atoms. The average Bonchev–Trinajstić information content (AvgIpc) is 3.09. The van der Waals surface area contributed by atoms with Gasteiger partial charge in [-0.2, -0.15) is 0 Å². The molecule has 1 N–H and O–H groups in total. The van der Waals surface area contributed by atoms with Crippen LogP contribution in [0.25, 0.3) is 0 Å². The van der Waals surface area contributed by atoms with Crippen LogP contribution in [-0.4, -0.2) is 31.5 Å². The third kappa shape index (κ3) is 4.29. The van der Waals surface area contributed by atoms with E-state index in [1.165, 1.54) is 6.07 Å². The predicted molar refractivity (Wildman–Crippen MR) is 98.4 cm³/mol. The molecule has 1 aromatic carbocycles. The standard InChI is InChI=1S/C17H21ClN4O2S/c1-12-5-6-14(18)10-16(12)25(23,24)19-11-15-9-13(2)20-17(21-15)22-7-3-4-8-22/h5-6,9-10,19H,3-4,7-8,11H2,1-2H3. The number of anilines is 1. The maximum absolute atomic E-state index is 12.6. The van der Waals surface area contributed by atoms with Crippen LogP contribution < -0.4 is 9.62 Å². The second kappa shape index (κ2) is 7.27. The van der Waals surface area contributed by atoms with Crippen molar-refractivity contribution < 1.29 is 8.42 Å². The van der Waals surface area contributed by atoms with Gasteiger partial charge in [0.2, 0.25) is 16.0 Å². The molecule has 1 aromatic heterocycles. The van der Waals surface area contributed by atoms with Gasteiger partial charge < -0.3 is 4.90 Å². The summed E-state index contributed by atoms with van der Waals surface area (Å²) in [6.07, 6.45) is 2.26. The normalized spacial score (nSPS) is 14.9. The highest BCUT2D eigenvalue weighted by Gasteiger charge is 2.19. The van der Waals surface area contributed by atoms with E-state index in [2.05, 4.69) is 19.6 Å². The number of sulfonamides is 1. The molecule has 134 valence electrons. The smallest absolute Gasteiger partial charge is 0.241 e. The second-order valence-corrected chi connectivity index (χ2v) is 8.40. The summed E-state index contributed by atoms with van der Waals surface area (Å²) in [6.45, 7) is 5.62. The zero-order valence-corrected chi connectivity index (χ0v) is 15.9. The largest absolute Gasteiger partial charge is 0.341 e. The summed E-state index contributed by atoms with van der Waals surface area (Å²) in [4.78, 5) is 11.3. The lowest BCUT2D eigenvalue weighted by atomic mass is 10.2. The summed E-state index contributed by atoms with van der Waals surface area (Å²) in [6, 6.07) is 6.62. The van der Waals surface area contributed by atoms with Crippen LogP contribution in [0.15, 0.2) is 29.2 Å². The lowest BCUT2D eigenvalue weighted by Gasteiger charge is -2.16. The first-order valence-electron chi connectivity index (χ1n) is 8.20. The van der Waals surface area contributed by atoms with Crippen LogP contribution in [0.4, 0.5) is 5.95 Å². The monoisotopic (exact) mass is 380 g/mol. The van der Waals surface area contributed by atoms with E-state index in [0.717, 1.165) is 31.6 Å². The molecule has 0 radical (unpaired) electrons. The molecular formula is C17H21ClN4O2S. The fraction of sp³-hybridized carbons (Fsp3) is 0.412. The Morgan fingerprint density at radius 3 is 2.60 bits per heavy atom. The zero-order chi connectivity index (χ0) is 18.0. The van der Waals surface area contributed by atoms with Crippen molar-refractivity contribution in [2.24, 2.45) is 0 Å². The van der Waals surface area contributed by atoms with E-state index >= 15 is 0 Å². The van der Waals surface area contributed by atoms with Crippen LogP contribution in [0.2, 0.25) is 5.02 Å². The SMILES string of the molecule is Cc1cc(CNS(=O)(=O)c2cc(Cl)ccc2C)nc(N2CCCC2)n1. The van der Waals surface area contributed by atoms with Crippen molar-refractivity contribution in [1.82, 2.24) is 14.7 Å². The molecule has 0 spiro atoms. The first kappa shape index (κ1) is 18.1. The predicted octanol–water partition coefficient (Wildman–Crippen LogP) is 2.83. The van der Waals surface area contributed by atoms with Gasteiger partial charge >= 0.3 is 0 Å². The van der Waals surface area contributed by atoms with Crippen molar-refractivity contribution >= 4 is 27.6 Å². The summed E-state index contributed by atoms with van der Waals surface area (Å²) >= 11 is 5.94. The Kier molecular flexibility index (Phi) is 5.27. The molecule has 0 atom stereocenters. The Morgan fingerprint density at radius 1 is 1.16 bits per heavy atom. The number of rotatable bonds is 5. The summed E-state index contributed by atoms with van der Waals surface area (Å²) in [5.41, 5.74) is 2.12. The van der Waals surface area contributed by atoms with Gasteiger partial charge in [0.25, 0.3) is 0 Å². The molecule has 3 rings (SSSR count). The molecule has 1 aliphatic rings. The lowest BCUT2D eigenvalue weighted by Crippen LogP contribution is -2.26. The van der Waals surface area contributed by atoms with Gasteiger partial charge in [0.1, 0.15) is 0 Å². The number of halogens is 1. The molecule has 25 heavy (non-hydrogen) atoms. The fourth-order valence-corrected chi connectivity index (χ4v) is 4.38. The zero-order valence-electron chi connectivity index (χ0n) is 14.3. The van der Waals surface area contributed by atoms with Gasteiger partial charge in [0.05, 0.1) is 17.1 Å². The Bertz CT molecular complexity index is 880. The summed E-state index contributed by atoms with van der Waals surface area (Å²) in [7, 11) is -3.66. The maximum atomic E-state index is 12.6. The van der Waals surface area contributed by atoms with E-state index in [-0.39, 0.29) is 11.4 Å². The molecule has 0 saturated carbocycles. The van der Waals surface area contributed by atoms with Crippen molar-refractivity contribution in [2.45, 2.75) is 38.1 Å².